The third-order valence-electron chi connectivity index (χ3n) is 1.55. The quantitative estimate of drug-likeness (QED) is 0.626. The van der Waals surface area contributed by atoms with Gasteiger partial charge in [-0.25, -0.2) is 0 Å². The van der Waals surface area contributed by atoms with Gasteiger partial charge < -0.3 is 4.74 Å². The number of hydrogen-bond donors (Lipinski definition) is 0. The third kappa shape index (κ3) is 3.93. The highest BCUT2D eigenvalue weighted by atomic mass is 79.9. The molecule has 0 bridgehead atoms. The van der Waals surface area contributed by atoms with Gasteiger partial charge in [0, 0.05) is 11.9 Å². The molecule has 0 N–H and O–H groups in total. The van der Waals surface area contributed by atoms with Gasteiger partial charge in [0.2, 0.25) is 0 Å². The van der Waals surface area contributed by atoms with Gasteiger partial charge in [-0.05, 0) is 5.92 Å². The van der Waals surface area contributed by atoms with Crippen molar-refractivity contribution in [1.82, 2.24) is 0 Å². The zero-order valence-electron chi connectivity index (χ0n) is 6.36. The molecule has 0 aromatic rings. The predicted octanol–water partition coefficient (Wildman–Crippen LogP) is 2.44. The first-order valence-corrected chi connectivity index (χ1v) is 4.27. The lowest BCUT2D eigenvalue weighted by molar-refractivity contribution is 0.151. The van der Waals surface area contributed by atoms with E-state index < -0.39 is 0 Å². The van der Waals surface area contributed by atoms with E-state index in [9.17, 15) is 0 Å². The van der Waals surface area contributed by atoms with E-state index in [2.05, 4.69) is 29.8 Å². The minimum atomic E-state index is 0.572. The summed E-state index contributed by atoms with van der Waals surface area (Å²) in [5.41, 5.74) is 0. The van der Waals surface area contributed by atoms with Crippen LogP contribution >= 0.6 is 15.9 Å². The van der Waals surface area contributed by atoms with Crippen LogP contribution in [0.5, 0.6) is 0 Å². The molecule has 0 radical (unpaired) electrons. The molecular weight excluding hydrogens is 180 g/mol. The van der Waals surface area contributed by atoms with Crippen LogP contribution in [0.15, 0.2) is 0 Å². The molecule has 0 aliphatic rings. The number of rotatable bonds is 4. The Morgan fingerprint density at radius 1 is 1.56 bits per heavy atom. The highest BCUT2D eigenvalue weighted by Crippen LogP contribution is 2.15. The molecule has 0 saturated carbocycles. The Morgan fingerprint density at radius 3 is 2.22 bits per heavy atom. The van der Waals surface area contributed by atoms with Crippen molar-refractivity contribution < 1.29 is 4.74 Å². The second-order valence-corrected chi connectivity index (χ2v) is 3.75. The van der Waals surface area contributed by atoms with Gasteiger partial charge in [-0.3, -0.25) is 0 Å². The largest absolute Gasteiger partial charge is 0.384 e. The van der Waals surface area contributed by atoms with Gasteiger partial charge in [0.05, 0.1) is 6.61 Å². The first-order chi connectivity index (χ1) is 4.22. The predicted molar refractivity (Wildman–Crippen MR) is 44.0 cm³/mol. The smallest absolute Gasteiger partial charge is 0.0500 e. The van der Waals surface area contributed by atoms with E-state index in [0.29, 0.717) is 10.7 Å². The molecule has 0 saturated heterocycles. The molecule has 2 heteroatoms. The maximum atomic E-state index is 5.03. The van der Waals surface area contributed by atoms with Crippen molar-refractivity contribution in [2.45, 2.75) is 25.1 Å². The maximum absolute atomic E-state index is 5.03. The molecule has 0 aliphatic heterocycles. The van der Waals surface area contributed by atoms with Crippen LogP contribution in [0.4, 0.5) is 0 Å². The summed E-state index contributed by atoms with van der Waals surface area (Å²) in [4.78, 5) is 0.572. The third-order valence-corrected chi connectivity index (χ3v) is 2.30. The Hall–Kier alpha value is 0.440. The molecule has 0 amide bonds. The van der Waals surface area contributed by atoms with Crippen LogP contribution in [0.3, 0.4) is 0 Å². The molecule has 0 aromatic carbocycles. The van der Waals surface area contributed by atoms with Crippen molar-refractivity contribution in [1.29, 1.82) is 0 Å². The van der Waals surface area contributed by atoms with Gasteiger partial charge in [0.1, 0.15) is 0 Å². The minimum absolute atomic E-state index is 0.572. The minimum Gasteiger partial charge on any atom is -0.384 e. The number of halogens is 1. The van der Waals surface area contributed by atoms with Crippen LogP contribution in [-0.2, 0) is 4.74 Å². The van der Waals surface area contributed by atoms with E-state index >= 15 is 0 Å². The van der Waals surface area contributed by atoms with Crippen LogP contribution in [0.25, 0.3) is 0 Å². The fourth-order valence-corrected chi connectivity index (χ4v) is 1.32. The monoisotopic (exact) mass is 194 g/mol. The Labute approximate surface area is 65.9 Å². The number of methoxy groups -OCH3 is 1. The number of hydrogen-bond acceptors (Lipinski definition) is 1. The number of alkyl halides is 1. The number of ether oxygens (including phenoxy) is 1. The Morgan fingerprint density at radius 2 is 2.11 bits per heavy atom. The molecule has 2 unspecified atom stereocenters. The standard InChI is InChI=1S/C7H15BrO/c1-4-7(5-9-3)6(2)8/h6-7H,4-5H2,1-3H3. The Bertz CT molecular complexity index is 63.9. The van der Waals surface area contributed by atoms with Crippen molar-refractivity contribution in [3.8, 4) is 0 Å². The SMILES string of the molecule is CCC(COC)C(C)Br. The fourth-order valence-electron chi connectivity index (χ4n) is 0.789. The average Bonchev–Trinajstić information content (AvgIpc) is 1.82. The summed E-state index contributed by atoms with van der Waals surface area (Å²) in [5, 5.41) is 0. The molecule has 56 valence electrons. The van der Waals surface area contributed by atoms with E-state index in [1.165, 1.54) is 6.42 Å². The summed E-state index contributed by atoms with van der Waals surface area (Å²) >= 11 is 3.52. The van der Waals surface area contributed by atoms with Gasteiger partial charge in [-0.2, -0.15) is 0 Å². The molecule has 0 aliphatic carbocycles. The Balaban J connectivity index is 3.41. The second-order valence-electron chi connectivity index (χ2n) is 2.30. The first kappa shape index (κ1) is 9.44. The van der Waals surface area contributed by atoms with Crippen molar-refractivity contribution in [3.63, 3.8) is 0 Å². The second kappa shape index (κ2) is 5.24. The zero-order valence-corrected chi connectivity index (χ0v) is 7.94. The molecular formula is C7H15BrO. The lowest BCUT2D eigenvalue weighted by Gasteiger charge is -2.15. The van der Waals surface area contributed by atoms with Crippen LogP contribution in [-0.4, -0.2) is 18.5 Å². The van der Waals surface area contributed by atoms with Crippen LogP contribution in [0, 0.1) is 5.92 Å². The Kier molecular flexibility index (Phi) is 5.50. The average molecular weight is 195 g/mol. The molecule has 0 heterocycles. The van der Waals surface area contributed by atoms with Gasteiger partial charge in [-0.15, -0.1) is 0 Å². The molecule has 1 nitrogen and oxygen atoms in total. The summed E-state index contributed by atoms with van der Waals surface area (Å²) in [7, 11) is 1.75. The summed E-state index contributed by atoms with van der Waals surface area (Å²) < 4.78 is 5.03. The van der Waals surface area contributed by atoms with E-state index in [4.69, 9.17) is 4.74 Å². The van der Waals surface area contributed by atoms with Gasteiger partial charge in [0.15, 0.2) is 0 Å². The molecule has 0 aromatic heterocycles. The van der Waals surface area contributed by atoms with Gasteiger partial charge >= 0.3 is 0 Å². The van der Waals surface area contributed by atoms with Crippen LogP contribution in [0.1, 0.15) is 20.3 Å². The normalized spacial score (nSPS) is 17.3. The van der Waals surface area contributed by atoms with Crippen molar-refractivity contribution >= 4 is 15.9 Å². The molecule has 2 atom stereocenters. The fraction of sp³-hybridized carbons (Fsp3) is 1.00. The molecule has 0 fully saturated rings. The van der Waals surface area contributed by atoms with Crippen molar-refractivity contribution in [3.05, 3.63) is 0 Å². The van der Waals surface area contributed by atoms with E-state index in [1.54, 1.807) is 7.11 Å². The van der Waals surface area contributed by atoms with Gasteiger partial charge in [0.25, 0.3) is 0 Å². The van der Waals surface area contributed by atoms with E-state index in [1.807, 2.05) is 0 Å². The highest BCUT2D eigenvalue weighted by molar-refractivity contribution is 9.09. The van der Waals surface area contributed by atoms with Crippen LogP contribution in [0.2, 0.25) is 0 Å². The summed E-state index contributed by atoms with van der Waals surface area (Å²) in [5.74, 6) is 0.662. The molecule has 0 rings (SSSR count). The first-order valence-electron chi connectivity index (χ1n) is 3.35. The summed E-state index contributed by atoms with van der Waals surface area (Å²) in [6.45, 7) is 5.21. The topological polar surface area (TPSA) is 9.23 Å². The van der Waals surface area contributed by atoms with Crippen molar-refractivity contribution in [2.24, 2.45) is 5.92 Å². The van der Waals surface area contributed by atoms with E-state index in [0.717, 1.165) is 6.61 Å². The zero-order chi connectivity index (χ0) is 7.28. The highest BCUT2D eigenvalue weighted by Gasteiger charge is 2.10. The van der Waals surface area contributed by atoms with Crippen LogP contribution < -0.4 is 0 Å². The molecule has 0 spiro atoms. The van der Waals surface area contributed by atoms with Gasteiger partial charge in [-0.1, -0.05) is 36.2 Å². The maximum Gasteiger partial charge on any atom is 0.0500 e. The summed E-state index contributed by atoms with van der Waals surface area (Å²) in [6.07, 6.45) is 1.18. The van der Waals surface area contributed by atoms with E-state index in [-0.39, 0.29) is 0 Å². The summed E-state index contributed by atoms with van der Waals surface area (Å²) in [6, 6.07) is 0. The lowest BCUT2D eigenvalue weighted by atomic mass is 10.1. The van der Waals surface area contributed by atoms with Crippen molar-refractivity contribution in [2.75, 3.05) is 13.7 Å². The lowest BCUT2D eigenvalue weighted by Crippen LogP contribution is -2.15. The molecule has 9 heavy (non-hydrogen) atoms.